The van der Waals surface area contributed by atoms with Crippen molar-refractivity contribution in [2.45, 2.75) is 11.3 Å². The van der Waals surface area contributed by atoms with E-state index in [1.165, 1.54) is 23.5 Å². The van der Waals surface area contributed by atoms with Crippen LogP contribution in [0.1, 0.15) is 15.9 Å². The van der Waals surface area contributed by atoms with Crippen LogP contribution in [-0.2, 0) is 16.4 Å². The third-order valence-corrected chi connectivity index (χ3v) is 6.51. The first-order valence-corrected chi connectivity index (χ1v) is 10.9. The van der Waals surface area contributed by atoms with Crippen molar-refractivity contribution in [3.05, 3.63) is 90.0 Å². The second-order valence-corrected chi connectivity index (χ2v) is 8.66. The van der Waals surface area contributed by atoms with Crippen molar-refractivity contribution in [2.75, 3.05) is 25.0 Å². The van der Waals surface area contributed by atoms with E-state index in [1.807, 2.05) is 30.3 Å². The molecule has 0 bridgehead atoms. The van der Waals surface area contributed by atoms with Gasteiger partial charge in [0.2, 0.25) is 0 Å². The van der Waals surface area contributed by atoms with Crippen LogP contribution in [0.2, 0.25) is 0 Å². The number of hydrogen-bond acceptors (Lipinski definition) is 4. The van der Waals surface area contributed by atoms with Crippen LogP contribution >= 0.6 is 0 Å². The summed E-state index contributed by atoms with van der Waals surface area (Å²) in [5.41, 5.74) is 1.91. The average Bonchev–Trinajstić information content (AvgIpc) is 2.79. The zero-order valence-electron chi connectivity index (χ0n) is 16.9. The Balaban J connectivity index is 1.71. The Bertz CT molecular complexity index is 1100. The van der Waals surface area contributed by atoms with Crippen LogP contribution in [-0.4, -0.2) is 35.0 Å². The number of hydrogen-bond donors (Lipinski definition) is 1. The summed E-state index contributed by atoms with van der Waals surface area (Å²) in [5.74, 6) is 0.328. The van der Waals surface area contributed by atoms with Gasteiger partial charge in [0, 0.05) is 19.2 Å². The van der Waals surface area contributed by atoms with Gasteiger partial charge in [-0.3, -0.25) is 9.10 Å². The molecule has 0 spiro atoms. The van der Waals surface area contributed by atoms with Crippen molar-refractivity contribution < 1.29 is 17.9 Å². The van der Waals surface area contributed by atoms with Gasteiger partial charge >= 0.3 is 0 Å². The van der Waals surface area contributed by atoms with Crippen molar-refractivity contribution in [3.8, 4) is 5.75 Å². The molecule has 0 fully saturated rings. The summed E-state index contributed by atoms with van der Waals surface area (Å²) in [5, 5.41) is 2.84. The molecule has 3 aromatic rings. The van der Waals surface area contributed by atoms with Crippen molar-refractivity contribution >= 4 is 21.6 Å². The van der Waals surface area contributed by atoms with Gasteiger partial charge in [0.25, 0.3) is 15.9 Å². The lowest BCUT2D eigenvalue weighted by molar-refractivity contribution is 0.0954. The molecule has 0 radical (unpaired) electrons. The topological polar surface area (TPSA) is 75.7 Å². The Morgan fingerprint density at radius 1 is 0.967 bits per heavy atom. The van der Waals surface area contributed by atoms with Crippen LogP contribution in [0, 0.1) is 0 Å². The van der Waals surface area contributed by atoms with E-state index in [9.17, 15) is 13.2 Å². The standard InChI is InChI=1S/C23H24N2O4S/c1-25(20-11-13-21(29-2)14-12-20)30(27,28)22-10-6-9-19(17-22)23(26)24-16-15-18-7-4-3-5-8-18/h3-14,17H,15-16H2,1-2H3,(H,24,26). The number of methoxy groups -OCH3 is 1. The third-order valence-electron chi connectivity index (χ3n) is 4.73. The number of nitrogens with zero attached hydrogens (tertiary/aromatic N) is 1. The Morgan fingerprint density at radius 3 is 2.33 bits per heavy atom. The summed E-state index contributed by atoms with van der Waals surface area (Å²) in [6, 6.07) is 22.6. The van der Waals surface area contributed by atoms with Crippen LogP contribution in [0.4, 0.5) is 5.69 Å². The Morgan fingerprint density at radius 2 is 1.67 bits per heavy atom. The summed E-state index contributed by atoms with van der Waals surface area (Å²) in [6.45, 7) is 0.464. The van der Waals surface area contributed by atoms with Crippen LogP contribution in [0.15, 0.2) is 83.8 Å². The van der Waals surface area contributed by atoms with Crippen molar-refractivity contribution in [1.29, 1.82) is 0 Å². The summed E-state index contributed by atoms with van der Waals surface area (Å²) in [4.78, 5) is 12.5. The smallest absolute Gasteiger partial charge is 0.264 e. The van der Waals surface area contributed by atoms with Gasteiger partial charge in [-0.05, 0) is 54.4 Å². The molecular formula is C23H24N2O4S. The predicted molar refractivity (Wildman–Crippen MR) is 118 cm³/mol. The van der Waals surface area contributed by atoms with Crippen LogP contribution in [0.3, 0.4) is 0 Å². The molecule has 3 aromatic carbocycles. The van der Waals surface area contributed by atoms with Gasteiger partial charge in [-0.15, -0.1) is 0 Å². The highest BCUT2D eigenvalue weighted by Crippen LogP contribution is 2.24. The molecule has 0 heterocycles. The molecule has 6 nitrogen and oxygen atoms in total. The molecule has 0 saturated carbocycles. The number of sulfonamides is 1. The SMILES string of the molecule is COc1ccc(N(C)S(=O)(=O)c2cccc(C(=O)NCCc3ccccc3)c2)cc1. The lowest BCUT2D eigenvalue weighted by Crippen LogP contribution is -2.28. The van der Waals surface area contributed by atoms with E-state index in [1.54, 1.807) is 43.5 Å². The van der Waals surface area contributed by atoms with E-state index in [-0.39, 0.29) is 10.8 Å². The number of amides is 1. The van der Waals surface area contributed by atoms with Crippen LogP contribution in [0.5, 0.6) is 5.75 Å². The molecule has 0 aromatic heterocycles. The summed E-state index contributed by atoms with van der Waals surface area (Å²) < 4.78 is 32.3. The van der Waals surface area contributed by atoms with E-state index >= 15 is 0 Å². The van der Waals surface area contributed by atoms with E-state index in [2.05, 4.69) is 5.32 Å². The lowest BCUT2D eigenvalue weighted by Gasteiger charge is -2.20. The van der Waals surface area contributed by atoms with E-state index in [0.29, 0.717) is 30.0 Å². The first-order valence-electron chi connectivity index (χ1n) is 9.47. The van der Waals surface area contributed by atoms with Gasteiger partial charge in [-0.2, -0.15) is 0 Å². The maximum absolute atomic E-state index is 13.0. The van der Waals surface area contributed by atoms with Gasteiger partial charge in [0.1, 0.15) is 5.75 Å². The minimum Gasteiger partial charge on any atom is -0.497 e. The number of carbonyl (C=O) groups excluding carboxylic acids is 1. The van der Waals surface area contributed by atoms with Gasteiger partial charge in [0.15, 0.2) is 0 Å². The molecule has 30 heavy (non-hydrogen) atoms. The average molecular weight is 425 g/mol. The molecule has 0 atom stereocenters. The van der Waals surface area contributed by atoms with Crippen molar-refractivity contribution in [2.24, 2.45) is 0 Å². The fourth-order valence-electron chi connectivity index (χ4n) is 2.95. The first-order chi connectivity index (χ1) is 14.4. The highest BCUT2D eigenvalue weighted by atomic mass is 32.2. The normalized spacial score (nSPS) is 11.0. The van der Waals surface area contributed by atoms with Gasteiger partial charge in [-0.25, -0.2) is 8.42 Å². The molecule has 7 heteroatoms. The number of anilines is 1. The fourth-order valence-corrected chi connectivity index (χ4v) is 4.20. The Labute approximate surface area is 177 Å². The molecule has 0 aliphatic carbocycles. The quantitative estimate of drug-likeness (QED) is 0.601. The van der Waals surface area contributed by atoms with E-state index in [4.69, 9.17) is 4.74 Å². The van der Waals surface area contributed by atoms with E-state index in [0.717, 1.165) is 5.56 Å². The number of rotatable bonds is 8. The molecule has 1 amide bonds. The summed E-state index contributed by atoms with van der Waals surface area (Å²) in [7, 11) is -0.795. The maximum atomic E-state index is 13.0. The largest absolute Gasteiger partial charge is 0.497 e. The van der Waals surface area contributed by atoms with Crippen molar-refractivity contribution in [3.63, 3.8) is 0 Å². The molecule has 156 valence electrons. The highest BCUT2D eigenvalue weighted by Gasteiger charge is 2.22. The lowest BCUT2D eigenvalue weighted by atomic mass is 10.1. The molecule has 1 N–H and O–H groups in total. The maximum Gasteiger partial charge on any atom is 0.264 e. The van der Waals surface area contributed by atoms with Gasteiger partial charge < -0.3 is 10.1 Å². The monoisotopic (exact) mass is 424 g/mol. The molecule has 3 rings (SSSR count). The number of carbonyl (C=O) groups is 1. The zero-order valence-corrected chi connectivity index (χ0v) is 17.7. The summed E-state index contributed by atoms with van der Waals surface area (Å²) >= 11 is 0. The molecule has 0 aliphatic rings. The molecule has 0 aliphatic heterocycles. The number of nitrogens with one attached hydrogen (secondary N) is 1. The molecule has 0 saturated heterocycles. The van der Waals surface area contributed by atoms with Crippen LogP contribution in [0.25, 0.3) is 0 Å². The zero-order chi connectivity index (χ0) is 21.6. The second-order valence-electron chi connectivity index (χ2n) is 6.69. The second kappa shape index (κ2) is 9.45. The minimum atomic E-state index is -3.82. The minimum absolute atomic E-state index is 0.0523. The summed E-state index contributed by atoms with van der Waals surface area (Å²) in [6.07, 6.45) is 0.699. The Kier molecular flexibility index (Phi) is 6.74. The number of benzene rings is 3. The predicted octanol–water partition coefficient (Wildman–Crippen LogP) is 3.49. The molecular weight excluding hydrogens is 400 g/mol. The molecule has 0 unspecified atom stereocenters. The van der Waals surface area contributed by atoms with Gasteiger partial charge in [-0.1, -0.05) is 36.4 Å². The first kappa shape index (κ1) is 21.4. The highest BCUT2D eigenvalue weighted by molar-refractivity contribution is 7.92. The van der Waals surface area contributed by atoms with Crippen molar-refractivity contribution in [1.82, 2.24) is 5.32 Å². The van der Waals surface area contributed by atoms with Gasteiger partial charge in [0.05, 0.1) is 17.7 Å². The Hall–Kier alpha value is -3.32. The third kappa shape index (κ3) is 4.99. The van der Waals surface area contributed by atoms with E-state index < -0.39 is 10.0 Å². The number of ether oxygens (including phenoxy) is 1. The fraction of sp³-hybridized carbons (Fsp3) is 0.174. The van der Waals surface area contributed by atoms with Crippen LogP contribution < -0.4 is 14.4 Å².